The van der Waals surface area contributed by atoms with Crippen LogP contribution in [0, 0.1) is 19.7 Å². The third kappa shape index (κ3) is 2.57. The molecule has 0 bridgehead atoms. The highest BCUT2D eigenvalue weighted by Crippen LogP contribution is 2.42. The van der Waals surface area contributed by atoms with Crippen molar-refractivity contribution >= 4 is 5.82 Å². The molecule has 1 aromatic heterocycles. The molecular weight excluding hydrogens is 241 g/mol. The molecule has 1 heterocycles. The zero-order chi connectivity index (χ0) is 13.4. The van der Waals surface area contributed by atoms with Gasteiger partial charge >= 0.3 is 0 Å². The van der Waals surface area contributed by atoms with Crippen molar-refractivity contribution in [1.82, 2.24) is 10.2 Å². The first-order valence-electron chi connectivity index (χ1n) is 6.46. The predicted octanol–water partition coefficient (Wildman–Crippen LogP) is 3.20. The van der Waals surface area contributed by atoms with Gasteiger partial charge in [0.25, 0.3) is 0 Å². The van der Waals surface area contributed by atoms with E-state index in [1.165, 1.54) is 6.07 Å². The lowest BCUT2D eigenvalue weighted by atomic mass is 10.1. The number of anilines is 1. The minimum absolute atomic E-state index is 0.172. The Morgan fingerprint density at radius 2 is 2.05 bits per heavy atom. The molecule has 0 aliphatic heterocycles. The first-order chi connectivity index (χ1) is 9.13. The van der Waals surface area contributed by atoms with E-state index in [1.807, 2.05) is 26.0 Å². The van der Waals surface area contributed by atoms with Crippen LogP contribution in [-0.4, -0.2) is 16.2 Å². The second kappa shape index (κ2) is 4.61. The first-order valence-corrected chi connectivity index (χ1v) is 6.46. The molecular formula is C15H16FN3. The molecule has 98 valence electrons. The van der Waals surface area contributed by atoms with Gasteiger partial charge in [0.15, 0.2) is 0 Å². The zero-order valence-corrected chi connectivity index (χ0v) is 11.0. The van der Waals surface area contributed by atoms with E-state index in [-0.39, 0.29) is 5.82 Å². The maximum Gasteiger partial charge on any atom is 0.149 e. The lowest BCUT2D eigenvalue weighted by molar-refractivity contribution is 0.625. The van der Waals surface area contributed by atoms with E-state index >= 15 is 0 Å². The lowest BCUT2D eigenvalue weighted by Crippen LogP contribution is -2.07. The monoisotopic (exact) mass is 257 g/mol. The second-order valence-corrected chi connectivity index (χ2v) is 5.15. The van der Waals surface area contributed by atoms with Gasteiger partial charge < -0.3 is 5.32 Å². The highest BCUT2D eigenvalue weighted by molar-refractivity contribution is 5.43. The minimum atomic E-state index is -0.172. The highest BCUT2D eigenvalue weighted by Gasteiger charge is 2.38. The summed E-state index contributed by atoms with van der Waals surface area (Å²) in [5, 5.41) is 11.6. The Kier molecular flexibility index (Phi) is 2.93. The fourth-order valence-electron chi connectivity index (χ4n) is 2.27. The number of rotatable bonds is 3. The van der Waals surface area contributed by atoms with Gasteiger partial charge in [-0.25, -0.2) is 4.39 Å². The molecule has 4 heteroatoms. The van der Waals surface area contributed by atoms with Crippen LogP contribution >= 0.6 is 0 Å². The Balaban J connectivity index is 1.69. The third-order valence-electron chi connectivity index (χ3n) is 3.63. The summed E-state index contributed by atoms with van der Waals surface area (Å²) in [6.07, 6.45) is 1.01. The van der Waals surface area contributed by atoms with Crippen molar-refractivity contribution in [2.75, 3.05) is 5.32 Å². The normalized spacial score (nSPS) is 21.2. The van der Waals surface area contributed by atoms with Gasteiger partial charge in [0.2, 0.25) is 0 Å². The van der Waals surface area contributed by atoms with E-state index in [0.29, 0.717) is 12.0 Å². The van der Waals surface area contributed by atoms with Crippen LogP contribution in [0.25, 0.3) is 0 Å². The number of hydrogen-bond acceptors (Lipinski definition) is 3. The van der Waals surface area contributed by atoms with Crippen molar-refractivity contribution in [3.8, 4) is 0 Å². The van der Waals surface area contributed by atoms with Gasteiger partial charge in [0.1, 0.15) is 11.6 Å². The molecule has 0 unspecified atom stereocenters. The lowest BCUT2D eigenvalue weighted by Gasteiger charge is -2.06. The number of halogens is 1. The molecule has 0 radical (unpaired) electrons. The Hall–Kier alpha value is -1.97. The van der Waals surface area contributed by atoms with E-state index in [4.69, 9.17) is 0 Å². The Labute approximate surface area is 111 Å². The SMILES string of the molecule is Cc1cc(N[C@@H]2C[C@H]2c2cccc(F)c2)nnc1C. The van der Waals surface area contributed by atoms with Crippen LogP contribution in [0.15, 0.2) is 30.3 Å². The smallest absolute Gasteiger partial charge is 0.149 e. The van der Waals surface area contributed by atoms with Gasteiger partial charge in [-0.1, -0.05) is 12.1 Å². The Morgan fingerprint density at radius 1 is 1.21 bits per heavy atom. The molecule has 1 aliphatic rings. The maximum absolute atomic E-state index is 13.2. The molecule has 19 heavy (non-hydrogen) atoms. The second-order valence-electron chi connectivity index (χ2n) is 5.15. The van der Waals surface area contributed by atoms with E-state index in [9.17, 15) is 4.39 Å². The number of aromatic nitrogens is 2. The van der Waals surface area contributed by atoms with Gasteiger partial charge in [0.05, 0.1) is 5.69 Å². The van der Waals surface area contributed by atoms with Crippen LogP contribution < -0.4 is 5.32 Å². The van der Waals surface area contributed by atoms with E-state index in [0.717, 1.165) is 29.1 Å². The molecule has 0 amide bonds. The van der Waals surface area contributed by atoms with E-state index < -0.39 is 0 Å². The van der Waals surface area contributed by atoms with Gasteiger partial charge in [-0.15, -0.1) is 5.10 Å². The molecule has 1 saturated carbocycles. The van der Waals surface area contributed by atoms with Crippen LogP contribution in [0.2, 0.25) is 0 Å². The summed E-state index contributed by atoms with van der Waals surface area (Å²) >= 11 is 0. The molecule has 3 nitrogen and oxygen atoms in total. The molecule has 1 fully saturated rings. The van der Waals surface area contributed by atoms with Gasteiger partial charge in [-0.05, 0) is 49.6 Å². The first kappa shape index (κ1) is 12.1. The average molecular weight is 257 g/mol. The van der Waals surface area contributed by atoms with Crippen molar-refractivity contribution in [3.05, 3.63) is 53.0 Å². The van der Waals surface area contributed by atoms with E-state index in [1.54, 1.807) is 12.1 Å². The van der Waals surface area contributed by atoms with Gasteiger partial charge in [0, 0.05) is 12.0 Å². The largest absolute Gasteiger partial charge is 0.365 e. The molecule has 1 aromatic carbocycles. The van der Waals surface area contributed by atoms with Crippen molar-refractivity contribution in [1.29, 1.82) is 0 Å². The predicted molar refractivity (Wildman–Crippen MR) is 72.7 cm³/mol. The number of benzene rings is 1. The number of hydrogen-bond donors (Lipinski definition) is 1. The average Bonchev–Trinajstić information content (AvgIpc) is 3.13. The van der Waals surface area contributed by atoms with Crippen LogP contribution in [0.3, 0.4) is 0 Å². The summed E-state index contributed by atoms with van der Waals surface area (Å²) in [7, 11) is 0. The summed E-state index contributed by atoms with van der Waals surface area (Å²) in [6, 6.07) is 9.15. The summed E-state index contributed by atoms with van der Waals surface area (Å²) < 4.78 is 13.2. The molecule has 0 spiro atoms. The van der Waals surface area contributed by atoms with Crippen molar-refractivity contribution in [2.45, 2.75) is 32.2 Å². The molecule has 1 N–H and O–H groups in total. The summed E-state index contributed by atoms with van der Waals surface area (Å²) in [5.41, 5.74) is 3.12. The van der Waals surface area contributed by atoms with Crippen LogP contribution in [0.1, 0.15) is 29.2 Å². The molecule has 1 aliphatic carbocycles. The fraction of sp³-hybridized carbons (Fsp3) is 0.333. The third-order valence-corrected chi connectivity index (χ3v) is 3.63. The number of nitrogens with one attached hydrogen (secondary N) is 1. The van der Waals surface area contributed by atoms with Gasteiger partial charge in [-0.2, -0.15) is 5.10 Å². The summed E-state index contributed by atoms with van der Waals surface area (Å²) in [5.74, 6) is 1.00. The van der Waals surface area contributed by atoms with Crippen LogP contribution in [0.5, 0.6) is 0 Å². The quantitative estimate of drug-likeness (QED) is 0.917. The fourth-order valence-corrected chi connectivity index (χ4v) is 2.27. The molecule has 0 saturated heterocycles. The summed E-state index contributed by atoms with van der Waals surface area (Å²) in [4.78, 5) is 0. The van der Waals surface area contributed by atoms with Crippen LogP contribution in [0.4, 0.5) is 10.2 Å². The van der Waals surface area contributed by atoms with E-state index in [2.05, 4.69) is 15.5 Å². The molecule has 2 aromatic rings. The molecule has 3 rings (SSSR count). The van der Waals surface area contributed by atoms with Gasteiger partial charge in [-0.3, -0.25) is 0 Å². The Bertz CT molecular complexity index is 612. The zero-order valence-electron chi connectivity index (χ0n) is 11.0. The van der Waals surface area contributed by atoms with Crippen molar-refractivity contribution in [3.63, 3.8) is 0 Å². The molecule has 2 atom stereocenters. The number of aryl methyl sites for hydroxylation is 2. The Morgan fingerprint density at radius 3 is 2.79 bits per heavy atom. The maximum atomic E-state index is 13.2. The topological polar surface area (TPSA) is 37.8 Å². The van der Waals surface area contributed by atoms with Crippen molar-refractivity contribution in [2.24, 2.45) is 0 Å². The number of nitrogens with zero attached hydrogens (tertiary/aromatic N) is 2. The highest BCUT2D eigenvalue weighted by atomic mass is 19.1. The van der Waals surface area contributed by atoms with Crippen molar-refractivity contribution < 1.29 is 4.39 Å². The standard InChI is InChI=1S/C15H16FN3/c1-9-6-15(19-18-10(9)2)17-14-8-13(14)11-4-3-5-12(16)7-11/h3-7,13-14H,8H2,1-2H3,(H,17,19)/t13-,14+/m0/s1. The minimum Gasteiger partial charge on any atom is -0.365 e. The summed E-state index contributed by atoms with van der Waals surface area (Å²) in [6.45, 7) is 3.96. The van der Waals surface area contributed by atoms with Crippen LogP contribution in [-0.2, 0) is 0 Å².